The molecule has 0 bridgehead atoms. The molecule has 6 heteroatoms. The molecule has 0 aliphatic rings. The first-order valence-corrected chi connectivity index (χ1v) is 8.75. The third kappa shape index (κ3) is 3.53. The van der Waals surface area contributed by atoms with E-state index in [1.54, 1.807) is 13.2 Å². The minimum absolute atomic E-state index is 0.383. The summed E-state index contributed by atoms with van der Waals surface area (Å²) >= 11 is 23.2. The molecule has 0 fully saturated rings. The Balaban J connectivity index is 2.58. The standard InChI is InChI=1S/C14H9Br3Cl2O/c1-20-14-10(5-8(18)6-12(14)17)13(19)9-4-7(15)2-3-11(9)16/h2-6,13H,1H3. The number of halogens is 5. The van der Waals surface area contributed by atoms with Gasteiger partial charge in [0.15, 0.2) is 0 Å². The van der Waals surface area contributed by atoms with Gasteiger partial charge in [0.25, 0.3) is 0 Å². The smallest absolute Gasteiger partial charge is 0.138 e. The van der Waals surface area contributed by atoms with E-state index in [9.17, 15) is 0 Å². The molecule has 2 aromatic rings. The molecule has 2 aromatic carbocycles. The summed E-state index contributed by atoms with van der Waals surface area (Å²) in [7, 11) is 1.61. The van der Waals surface area contributed by atoms with Crippen molar-refractivity contribution in [1.29, 1.82) is 0 Å². The molecule has 1 nitrogen and oxygen atoms in total. The molecule has 1 unspecified atom stereocenters. The Labute approximate surface area is 153 Å². The minimum atomic E-state index is -0.383. The van der Waals surface area contributed by atoms with E-state index in [0.717, 1.165) is 24.5 Å². The van der Waals surface area contributed by atoms with Gasteiger partial charge < -0.3 is 4.74 Å². The molecule has 0 saturated heterocycles. The van der Waals surface area contributed by atoms with Gasteiger partial charge in [-0.25, -0.2) is 0 Å². The average Bonchev–Trinajstić information content (AvgIpc) is 2.40. The first kappa shape index (κ1) is 16.6. The summed E-state index contributed by atoms with van der Waals surface area (Å²) in [5.41, 5.74) is 1.75. The highest BCUT2D eigenvalue weighted by Crippen LogP contribution is 2.43. The molecule has 0 aliphatic heterocycles. The van der Waals surface area contributed by atoms with Crippen molar-refractivity contribution in [3.63, 3.8) is 0 Å². The zero-order valence-corrected chi connectivity index (χ0v) is 16.5. The third-order valence-electron chi connectivity index (χ3n) is 2.75. The lowest BCUT2D eigenvalue weighted by atomic mass is 10.0. The normalized spacial score (nSPS) is 12.3. The molecule has 0 aromatic heterocycles. The molecular weight excluding hydrogens is 495 g/mol. The molecule has 2 rings (SSSR count). The SMILES string of the molecule is COc1c(Br)cc(Cl)cc1C(Cl)c1cc(Br)ccc1Br. The number of benzene rings is 2. The maximum atomic E-state index is 6.63. The zero-order valence-electron chi connectivity index (χ0n) is 10.3. The topological polar surface area (TPSA) is 9.23 Å². The summed E-state index contributed by atoms with van der Waals surface area (Å²) in [6.07, 6.45) is 0. The second-order valence-corrected chi connectivity index (χ2v) is 7.54. The number of hydrogen-bond donors (Lipinski definition) is 0. The predicted molar refractivity (Wildman–Crippen MR) is 95.2 cm³/mol. The Morgan fingerprint density at radius 3 is 2.35 bits per heavy atom. The van der Waals surface area contributed by atoms with Crippen LogP contribution in [0.3, 0.4) is 0 Å². The maximum absolute atomic E-state index is 6.63. The largest absolute Gasteiger partial charge is 0.495 e. The Morgan fingerprint density at radius 2 is 1.70 bits per heavy atom. The van der Waals surface area contributed by atoms with E-state index >= 15 is 0 Å². The fourth-order valence-electron chi connectivity index (χ4n) is 1.86. The summed E-state index contributed by atoms with van der Waals surface area (Å²) < 4.78 is 8.09. The van der Waals surface area contributed by atoms with Gasteiger partial charge in [-0.2, -0.15) is 0 Å². The fraction of sp³-hybridized carbons (Fsp3) is 0.143. The first-order chi connectivity index (χ1) is 9.43. The molecule has 0 N–H and O–H groups in total. The van der Waals surface area contributed by atoms with Gasteiger partial charge in [0.1, 0.15) is 5.75 Å². The van der Waals surface area contributed by atoms with Gasteiger partial charge in [-0.05, 0) is 51.8 Å². The van der Waals surface area contributed by atoms with Crippen LogP contribution in [0.5, 0.6) is 5.75 Å². The molecule has 0 radical (unpaired) electrons. The molecule has 106 valence electrons. The highest BCUT2D eigenvalue weighted by Gasteiger charge is 2.21. The monoisotopic (exact) mass is 500 g/mol. The lowest BCUT2D eigenvalue weighted by Gasteiger charge is -2.17. The van der Waals surface area contributed by atoms with Crippen LogP contribution in [-0.2, 0) is 0 Å². The van der Waals surface area contributed by atoms with Gasteiger partial charge in [0.05, 0.1) is 17.0 Å². The van der Waals surface area contributed by atoms with Crippen molar-refractivity contribution in [3.8, 4) is 5.75 Å². The summed E-state index contributed by atoms with van der Waals surface area (Å²) in [5, 5.41) is 0.219. The Morgan fingerprint density at radius 1 is 1.00 bits per heavy atom. The third-order valence-corrected chi connectivity index (χ3v) is 5.24. The van der Waals surface area contributed by atoms with Crippen LogP contribution in [0.1, 0.15) is 16.5 Å². The van der Waals surface area contributed by atoms with Crippen LogP contribution >= 0.6 is 71.0 Å². The van der Waals surface area contributed by atoms with E-state index < -0.39 is 0 Å². The molecule has 0 heterocycles. The molecule has 20 heavy (non-hydrogen) atoms. The van der Waals surface area contributed by atoms with Gasteiger partial charge in [0.2, 0.25) is 0 Å². The second kappa shape index (κ2) is 7.01. The van der Waals surface area contributed by atoms with Crippen molar-refractivity contribution in [2.45, 2.75) is 5.38 Å². The molecule has 0 amide bonds. The minimum Gasteiger partial charge on any atom is -0.495 e. The Bertz CT molecular complexity index is 647. The van der Waals surface area contributed by atoms with Crippen LogP contribution in [0, 0.1) is 0 Å². The van der Waals surface area contributed by atoms with Crippen LogP contribution in [0.15, 0.2) is 43.7 Å². The molecule has 0 spiro atoms. The summed E-state index contributed by atoms with van der Waals surface area (Å²) in [5.74, 6) is 0.682. The van der Waals surface area contributed by atoms with Crippen molar-refractivity contribution in [1.82, 2.24) is 0 Å². The van der Waals surface area contributed by atoms with Crippen LogP contribution in [0.25, 0.3) is 0 Å². The Hall–Kier alpha value is 0.260. The van der Waals surface area contributed by atoms with E-state index in [4.69, 9.17) is 27.9 Å². The van der Waals surface area contributed by atoms with E-state index in [2.05, 4.69) is 47.8 Å². The van der Waals surface area contributed by atoms with Crippen molar-refractivity contribution in [2.24, 2.45) is 0 Å². The quantitative estimate of drug-likeness (QED) is 0.411. The average molecular weight is 504 g/mol. The van der Waals surface area contributed by atoms with E-state index in [1.807, 2.05) is 24.3 Å². The molecule has 0 aliphatic carbocycles. The highest BCUT2D eigenvalue weighted by molar-refractivity contribution is 9.11. The number of alkyl halides is 1. The predicted octanol–water partition coefficient (Wildman–Crippen LogP) is 6.96. The fourth-order valence-corrected chi connectivity index (χ4v) is 4.18. The van der Waals surface area contributed by atoms with Gasteiger partial charge in [-0.15, -0.1) is 11.6 Å². The van der Waals surface area contributed by atoms with E-state index in [1.165, 1.54) is 0 Å². The molecular formula is C14H9Br3Cl2O. The summed E-state index contributed by atoms with van der Waals surface area (Å²) in [6.45, 7) is 0. The zero-order chi connectivity index (χ0) is 14.9. The van der Waals surface area contributed by atoms with Gasteiger partial charge >= 0.3 is 0 Å². The van der Waals surface area contributed by atoms with Crippen molar-refractivity contribution in [2.75, 3.05) is 7.11 Å². The van der Waals surface area contributed by atoms with Crippen molar-refractivity contribution in [3.05, 3.63) is 59.9 Å². The summed E-state index contributed by atoms with van der Waals surface area (Å²) in [4.78, 5) is 0. The van der Waals surface area contributed by atoms with Crippen LogP contribution < -0.4 is 4.74 Å². The van der Waals surface area contributed by atoms with Crippen molar-refractivity contribution < 1.29 is 4.74 Å². The number of rotatable bonds is 3. The van der Waals surface area contributed by atoms with Crippen LogP contribution in [0.2, 0.25) is 5.02 Å². The van der Waals surface area contributed by atoms with Crippen LogP contribution in [0.4, 0.5) is 0 Å². The van der Waals surface area contributed by atoms with E-state index in [0.29, 0.717) is 10.8 Å². The summed E-state index contributed by atoms with van der Waals surface area (Å²) in [6, 6.07) is 9.46. The van der Waals surface area contributed by atoms with E-state index in [-0.39, 0.29) is 5.38 Å². The van der Waals surface area contributed by atoms with Crippen LogP contribution in [-0.4, -0.2) is 7.11 Å². The van der Waals surface area contributed by atoms with Gasteiger partial charge in [-0.1, -0.05) is 43.5 Å². The maximum Gasteiger partial charge on any atom is 0.138 e. The van der Waals surface area contributed by atoms with Crippen molar-refractivity contribution >= 4 is 71.0 Å². The first-order valence-electron chi connectivity index (χ1n) is 5.56. The number of ether oxygens (including phenoxy) is 1. The lowest BCUT2D eigenvalue weighted by molar-refractivity contribution is 0.407. The highest BCUT2D eigenvalue weighted by atomic mass is 79.9. The lowest BCUT2D eigenvalue weighted by Crippen LogP contribution is -1.99. The number of methoxy groups -OCH3 is 1. The molecule has 1 atom stereocenters. The Kier molecular flexibility index (Phi) is 5.83. The van der Waals surface area contributed by atoms with Gasteiger partial charge in [-0.3, -0.25) is 0 Å². The second-order valence-electron chi connectivity index (χ2n) is 4.04. The number of hydrogen-bond acceptors (Lipinski definition) is 1. The molecule has 0 saturated carbocycles. The van der Waals surface area contributed by atoms with Gasteiger partial charge in [0, 0.05) is 19.5 Å².